The first kappa shape index (κ1) is 21.6. The smallest absolute Gasteiger partial charge is 0.407 e. The molecule has 166 valence electrons. The van der Waals surface area contributed by atoms with E-state index in [1.54, 1.807) is 7.11 Å². The number of methoxy groups -OCH3 is 1. The van der Waals surface area contributed by atoms with E-state index in [0.717, 1.165) is 54.5 Å². The van der Waals surface area contributed by atoms with E-state index in [0.29, 0.717) is 18.4 Å². The first-order valence-electron chi connectivity index (χ1n) is 11.1. The highest BCUT2D eigenvalue weighted by Gasteiger charge is 2.42. The lowest BCUT2D eigenvalue weighted by Crippen LogP contribution is -2.54. The first-order valence-corrected chi connectivity index (χ1v) is 11.1. The summed E-state index contributed by atoms with van der Waals surface area (Å²) in [4.78, 5) is 23.8. The number of amides is 1. The van der Waals surface area contributed by atoms with Gasteiger partial charge in [0.25, 0.3) is 0 Å². The minimum absolute atomic E-state index is 0.0819. The molecule has 1 N–H and O–H groups in total. The molecular weight excluding hydrogens is 392 g/mol. The fourth-order valence-electron chi connectivity index (χ4n) is 4.87. The van der Waals surface area contributed by atoms with Crippen molar-refractivity contribution in [3.63, 3.8) is 0 Å². The molecule has 3 aliphatic heterocycles. The quantitative estimate of drug-likeness (QED) is 0.761. The Morgan fingerprint density at radius 1 is 1.29 bits per heavy atom. The van der Waals surface area contributed by atoms with Crippen molar-refractivity contribution in [2.75, 3.05) is 26.8 Å². The van der Waals surface area contributed by atoms with Crippen LogP contribution in [0.25, 0.3) is 11.3 Å². The molecule has 1 aromatic carbocycles. The van der Waals surface area contributed by atoms with Crippen LogP contribution in [0.15, 0.2) is 30.3 Å². The van der Waals surface area contributed by atoms with Crippen LogP contribution < -0.4 is 10.1 Å². The van der Waals surface area contributed by atoms with Gasteiger partial charge in [-0.1, -0.05) is 12.1 Å². The third kappa shape index (κ3) is 4.82. The largest absolute Gasteiger partial charge is 0.496 e. The zero-order chi connectivity index (χ0) is 22.0. The minimum atomic E-state index is -0.331. The number of carbonyl (C=O) groups is 1. The number of nitrogens with one attached hydrogen (secondary N) is 1. The number of aromatic nitrogens is 2. The van der Waals surface area contributed by atoms with Gasteiger partial charge in [-0.2, -0.15) is 0 Å². The number of aryl methyl sites for hydroxylation is 1. The van der Waals surface area contributed by atoms with Crippen molar-refractivity contribution in [2.24, 2.45) is 5.92 Å². The Labute approximate surface area is 184 Å². The van der Waals surface area contributed by atoms with Gasteiger partial charge in [-0.3, -0.25) is 4.90 Å². The van der Waals surface area contributed by atoms with E-state index in [1.807, 2.05) is 45.0 Å². The third-order valence-corrected chi connectivity index (χ3v) is 6.31. The molecule has 3 fully saturated rings. The van der Waals surface area contributed by atoms with Gasteiger partial charge in [-0.15, -0.1) is 0 Å². The summed E-state index contributed by atoms with van der Waals surface area (Å²) in [5.41, 5.74) is 2.99. The van der Waals surface area contributed by atoms with Crippen LogP contribution in [-0.2, 0) is 4.74 Å². The lowest BCUT2D eigenvalue weighted by molar-refractivity contribution is -0.00373. The number of rotatable bonds is 6. The van der Waals surface area contributed by atoms with Gasteiger partial charge in [-0.05, 0) is 64.3 Å². The number of para-hydroxylation sites is 1. The SMILES string of the molecule is COc1ccccc1-c1cc(C2CN3CCC2CC3COC(=O)NC(C)C)nc(C)n1. The molecule has 2 aromatic rings. The molecule has 2 bridgehead atoms. The molecule has 3 aliphatic rings. The van der Waals surface area contributed by atoms with Crippen molar-refractivity contribution in [1.82, 2.24) is 20.2 Å². The number of alkyl carbamates (subject to hydrolysis) is 1. The van der Waals surface area contributed by atoms with Crippen LogP contribution in [0.4, 0.5) is 4.79 Å². The van der Waals surface area contributed by atoms with Crippen molar-refractivity contribution in [1.29, 1.82) is 0 Å². The van der Waals surface area contributed by atoms with Crippen molar-refractivity contribution in [3.8, 4) is 17.0 Å². The highest BCUT2D eigenvalue weighted by Crippen LogP contribution is 2.42. The molecule has 1 amide bonds. The van der Waals surface area contributed by atoms with Crippen molar-refractivity contribution in [3.05, 3.63) is 41.9 Å². The van der Waals surface area contributed by atoms with Gasteiger partial charge in [0.2, 0.25) is 0 Å². The van der Waals surface area contributed by atoms with E-state index in [1.165, 1.54) is 0 Å². The number of benzene rings is 1. The van der Waals surface area contributed by atoms with Gasteiger partial charge in [-0.25, -0.2) is 14.8 Å². The molecule has 5 rings (SSSR count). The number of nitrogens with zero attached hydrogens (tertiary/aromatic N) is 3. The molecule has 1 aromatic heterocycles. The number of fused-ring (bicyclic) bond motifs is 3. The topological polar surface area (TPSA) is 76.6 Å². The summed E-state index contributed by atoms with van der Waals surface area (Å²) in [5, 5.41) is 2.79. The number of hydrogen-bond acceptors (Lipinski definition) is 6. The predicted octanol–water partition coefficient (Wildman–Crippen LogP) is 3.77. The molecule has 3 saturated heterocycles. The highest BCUT2D eigenvalue weighted by atomic mass is 16.5. The second kappa shape index (κ2) is 9.22. The molecule has 0 aliphatic carbocycles. The molecule has 7 nitrogen and oxygen atoms in total. The third-order valence-electron chi connectivity index (χ3n) is 6.31. The van der Waals surface area contributed by atoms with E-state index in [4.69, 9.17) is 14.5 Å². The highest BCUT2D eigenvalue weighted by molar-refractivity contribution is 5.68. The summed E-state index contributed by atoms with van der Waals surface area (Å²) < 4.78 is 11.0. The summed E-state index contributed by atoms with van der Waals surface area (Å²) in [6, 6.07) is 10.5. The Bertz CT molecular complexity index is 933. The molecule has 4 unspecified atom stereocenters. The van der Waals surface area contributed by atoms with Gasteiger partial charge in [0.1, 0.15) is 18.2 Å². The Morgan fingerprint density at radius 3 is 2.81 bits per heavy atom. The summed E-state index contributed by atoms with van der Waals surface area (Å²) in [6.07, 6.45) is 1.83. The van der Waals surface area contributed by atoms with Crippen LogP contribution in [0.2, 0.25) is 0 Å². The Kier molecular flexibility index (Phi) is 6.41. The Morgan fingerprint density at radius 2 is 2.10 bits per heavy atom. The fourth-order valence-corrected chi connectivity index (χ4v) is 4.87. The maximum Gasteiger partial charge on any atom is 0.407 e. The average molecular weight is 425 g/mol. The van der Waals surface area contributed by atoms with E-state index in [-0.39, 0.29) is 18.2 Å². The van der Waals surface area contributed by atoms with Gasteiger partial charge in [0, 0.05) is 35.8 Å². The lowest BCUT2D eigenvalue weighted by Gasteiger charge is -2.49. The monoisotopic (exact) mass is 424 g/mol. The molecular formula is C24H32N4O3. The van der Waals surface area contributed by atoms with Gasteiger partial charge < -0.3 is 14.8 Å². The van der Waals surface area contributed by atoms with Gasteiger partial charge >= 0.3 is 6.09 Å². The fraction of sp³-hybridized carbons (Fsp3) is 0.542. The summed E-state index contributed by atoms with van der Waals surface area (Å²) in [5.74, 6) is 2.49. The van der Waals surface area contributed by atoms with Crippen LogP contribution in [0, 0.1) is 12.8 Å². The Hall–Kier alpha value is -2.67. The van der Waals surface area contributed by atoms with E-state index >= 15 is 0 Å². The number of piperidine rings is 3. The van der Waals surface area contributed by atoms with Crippen LogP contribution in [0.1, 0.15) is 44.1 Å². The lowest BCUT2D eigenvalue weighted by atomic mass is 9.74. The minimum Gasteiger partial charge on any atom is -0.496 e. The molecule has 0 saturated carbocycles. The standard InChI is InChI=1S/C24H32N4O3/c1-15(2)25-24(29)31-14-18-11-17-9-10-28(18)13-20(17)22-12-21(26-16(3)27-22)19-7-5-6-8-23(19)30-4/h5-8,12,15,17-18,20H,9-11,13-14H2,1-4H3,(H,25,29). The molecule has 0 spiro atoms. The Balaban J connectivity index is 1.49. The summed E-state index contributed by atoms with van der Waals surface area (Å²) in [7, 11) is 1.69. The van der Waals surface area contributed by atoms with Crippen LogP contribution in [-0.4, -0.2) is 59.9 Å². The second-order valence-electron chi connectivity index (χ2n) is 8.86. The summed E-state index contributed by atoms with van der Waals surface area (Å²) in [6.45, 7) is 8.24. The number of carbonyl (C=O) groups excluding carboxylic acids is 1. The molecule has 4 heterocycles. The van der Waals surface area contributed by atoms with Crippen LogP contribution >= 0.6 is 0 Å². The van der Waals surface area contributed by atoms with Crippen molar-refractivity contribution >= 4 is 6.09 Å². The predicted molar refractivity (Wildman–Crippen MR) is 119 cm³/mol. The van der Waals surface area contributed by atoms with E-state index in [2.05, 4.69) is 21.3 Å². The van der Waals surface area contributed by atoms with Crippen LogP contribution in [0.5, 0.6) is 5.75 Å². The maximum absolute atomic E-state index is 11.9. The molecule has 0 radical (unpaired) electrons. The molecule has 4 atom stereocenters. The zero-order valence-electron chi connectivity index (χ0n) is 18.8. The zero-order valence-corrected chi connectivity index (χ0v) is 18.8. The summed E-state index contributed by atoms with van der Waals surface area (Å²) >= 11 is 0. The van der Waals surface area contributed by atoms with Gasteiger partial charge in [0.15, 0.2) is 0 Å². The van der Waals surface area contributed by atoms with Gasteiger partial charge in [0.05, 0.1) is 12.8 Å². The molecule has 31 heavy (non-hydrogen) atoms. The number of ether oxygens (including phenoxy) is 2. The maximum atomic E-state index is 11.9. The first-order chi connectivity index (χ1) is 14.9. The van der Waals surface area contributed by atoms with Crippen molar-refractivity contribution < 1.29 is 14.3 Å². The van der Waals surface area contributed by atoms with Crippen molar-refractivity contribution in [2.45, 2.75) is 51.6 Å². The number of hydrogen-bond donors (Lipinski definition) is 1. The normalized spacial score (nSPS) is 24.8. The average Bonchev–Trinajstić information content (AvgIpc) is 2.77. The second-order valence-corrected chi connectivity index (χ2v) is 8.86. The van der Waals surface area contributed by atoms with Crippen LogP contribution in [0.3, 0.4) is 0 Å². The van der Waals surface area contributed by atoms with E-state index < -0.39 is 0 Å². The molecule has 7 heteroatoms. The van der Waals surface area contributed by atoms with E-state index in [9.17, 15) is 4.79 Å².